The number of nitrogens with one attached hydrogen (secondary N) is 1. The van der Waals surface area contributed by atoms with Crippen LogP contribution in [0.25, 0.3) is 0 Å². The first-order valence-corrected chi connectivity index (χ1v) is 11.4. The highest BCUT2D eigenvalue weighted by Crippen LogP contribution is 2.38. The zero-order valence-corrected chi connectivity index (χ0v) is 17.1. The number of carbonyl (C=O) groups is 3. The van der Waals surface area contributed by atoms with Crippen LogP contribution in [0.5, 0.6) is 0 Å². The van der Waals surface area contributed by atoms with Crippen molar-refractivity contribution < 1.29 is 14.4 Å². The SMILES string of the molecule is O=C(CCN1C(=O)[C@H]2CCCC[C@H]2C1=O)NC[C@H](c1cccs1)N1CCCC1. The van der Waals surface area contributed by atoms with Gasteiger partial charge in [0, 0.05) is 24.4 Å². The van der Waals surface area contributed by atoms with E-state index in [0.717, 1.165) is 38.8 Å². The van der Waals surface area contributed by atoms with Crippen LogP contribution in [0.3, 0.4) is 0 Å². The molecule has 0 aromatic carbocycles. The van der Waals surface area contributed by atoms with Crippen LogP contribution in [0, 0.1) is 11.8 Å². The van der Waals surface area contributed by atoms with Gasteiger partial charge in [0.2, 0.25) is 17.7 Å². The summed E-state index contributed by atoms with van der Waals surface area (Å²) >= 11 is 1.72. The number of rotatable bonds is 7. The minimum absolute atomic E-state index is 0.0592. The standard InChI is InChI=1S/C21H29N3O3S/c25-19(9-12-24-20(26)15-6-1-2-7-16(15)21(24)27)22-14-17(18-8-5-13-28-18)23-10-3-4-11-23/h5,8,13,15-17H,1-4,6-7,9-12,14H2,(H,22,25)/t15-,16+,17-/m1/s1. The average Bonchev–Trinajstić information content (AvgIpc) is 3.45. The lowest BCUT2D eigenvalue weighted by atomic mass is 9.81. The topological polar surface area (TPSA) is 69.7 Å². The second kappa shape index (κ2) is 8.74. The Bertz CT molecular complexity index is 690. The Labute approximate surface area is 170 Å². The molecule has 3 amide bonds. The van der Waals surface area contributed by atoms with Gasteiger partial charge in [0.25, 0.3) is 0 Å². The highest BCUT2D eigenvalue weighted by Gasteiger charge is 2.47. The number of thiophene rings is 1. The molecular formula is C21H29N3O3S. The number of fused-ring (bicyclic) bond motifs is 1. The van der Waals surface area contributed by atoms with Gasteiger partial charge in [-0.05, 0) is 50.2 Å². The fourth-order valence-electron chi connectivity index (χ4n) is 4.91. The predicted molar refractivity (Wildman–Crippen MR) is 108 cm³/mol. The molecule has 3 heterocycles. The smallest absolute Gasteiger partial charge is 0.233 e. The molecule has 1 saturated carbocycles. The normalized spacial score (nSPS) is 26.5. The largest absolute Gasteiger partial charge is 0.354 e. The molecule has 3 fully saturated rings. The van der Waals surface area contributed by atoms with Crippen LogP contribution in [0.15, 0.2) is 17.5 Å². The molecule has 7 heteroatoms. The number of imide groups is 1. The van der Waals surface area contributed by atoms with Gasteiger partial charge >= 0.3 is 0 Å². The van der Waals surface area contributed by atoms with Crippen molar-refractivity contribution in [1.82, 2.24) is 15.1 Å². The first kappa shape index (κ1) is 19.6. The highest BCUT2D eigenvalue weighted by molar-refractivity contribution is 7.10. The molecule has 152 valence electrons. The summed E-state index contributed by atoms with van der Waals surface area (Å²) in [4.78, 5) is 42.5. The van der Waals surface area contributed by atoms with E-state index in [-0.39, 0.29) is 48.6 Å². The molecule has 0 bridgehead atoms. The van der Waals surface area contributed by atoms with Gasteiger partial charge < -0.3 is 5.32 Å². The minimum atomic E-state index is -0.136. The van der Waals surface area contributed by atoms with Crippen molar-refractivity contribution in [1.29, 1.82) is 0 Å². The molecule has 3 atom stereocenters. The van der Waals surface area contributed by atoms with E-state index in [1.165, 1.54) is 22.6 Å². The van der Waals surface area contributed by atoms with Gasteiger partial charge in [-0.25, -0.2) is 0 Å². The Hall–Kier alpha value is -1.73. The molecule has 6 nitrogen and oxygen atoms in total. The maximum Gasteiger partial charge on any atom is 0.233 e. The Kier molecular flexibility index (Phi) is 6.11. The quantitative estimate of drug-likeness (QED) is 0.711. The molecule has 0 spiro atoms. The van der Waals surface area contributed by atoms with Gasteiger partial charge in [-0.3, -0.25) is 24.2 Å². The zero-order chi connectivity index (χ0) is 19.5. The maximum absolute atomic E-state index is 12.5. The van der Waals surface area contributed by atoms with Crippen molar-refractivity contribution in [3.05, 3.63) is 22.4 Å². The Morgan fingerprint density at radius 2 is 1.79 bits per heavy atom. The molecular weight excluding hydrogens is 374 g/mol. The molecule has 2 aliphatic heterocycles. The van der Waals surface area contributed by atoms with Crippen LogP contribution >= 0.6 is 11.3 Å². The molecule has 0 unspecified atom stereocenters. The van der Waals surface area contributed by atoms with E-state index >= 15 is 0 Å². The summed E-state index contributed by atoms with van der Waals surface area (Å²) < 4.78 is 0. The monoisotopic (exact) mass is 403 g/mol. The molecule has 1 aromatic heterocycles. The van der Waals surface area contributed by atoms with Crippen molar-refractivity contribution in [2.24, 2.45) is 11.8 Å². The lowest BCUT2D eigenvalue weighted by molar-refractivity contribution is -0.140. The van der Waals surface area contributed by atoms with E-state index in [0.29, 0.717) is 6.54 Å². The van der Waals surface area contributed by atoms with E-state index in [9.17, 15) is 14.4 Å². The minimum Gasteiger partial charge on any atom is -0.354 e. The zero-order valence-electron chi connectivity index (χ0n) is 16.3. The Morgan fingerprint density at radius 3 is 2.39 bits per heavy atom. The van der Waals surface area contributed by atoms with Crippen molar-refractivity contribution in [3.8, 4) is 0 Å². The summed E-state index contributed by atoms with van der Waals surface area (Å²) in [6.07, 6.45) is 6.28. The van der Waals surface area contributed by atoms with Crippen LogP contribution in [-0.2, 0) is 14.4 Å². The fraction of sp³-hybridized carbons (Fsp3) is 0.667. The van der Waals surface area contributed by atoms with E-state index in [1.54, 1.807) is 11.3 Å². The fourth-order valence-corrected chi connectivity index (χ4v) is 5.77. The summed E-state index contributed by atoms with van der Waals surface area (Å²) in [5.41, 5.74) is 0. The van der Waals surface area contributed by atoms with Crippen molar-refractivity contribution in [3.63, 3.8) is 0 Å². The number of nitrogens with zero attached hydrogens (tertiary/aromatic N) is 2. The van der Waals surface area contributed by atoms with Gasteiger partial charge in [-0.1, -0.05) is 18.9 Å². The molecule has 3 aliphatic rings. The molecule has 4 rings (SSSR count). The average molecular weight is 404 g/mol. The molecule has 1 N–H and O–H groups in total. The molecule has 1 aromatic rings. The third kappa shape index (κ3) is 4.01. The third-order valence-corrected chi connectivity index (χ3v) is 7.41. The maximum atomic E-state index is 12.5. The van der Waals surface area contributed by atoms with Gasteiger partial charge in [0.05, 0.1) is 17.9 Å². The number of amides is 3. The Morgan fingerprint density at radius 1 is 1.11 bits per heavy atom. The van der Waals surface area contributed by atoms with Crippen LogP contribution in [0.1, 0.15) is 55.9 Å². The van der Waals surface area contributed by atoms with Gasteiger partial charge in [0.1, 0.15) is 0 Å². The molecule has 2 saturated heterocycles. The van der Waals surface area contributed by atoms with E-state index < -0.39 is 0 Å². The lowest BCUT2D eigenvalue weighted by Gasteiger charge is -2.27. The van der Waals surface area contributed by atoms with Crippen molar-refractivity contribution in [2.45, 2.75) is 51.0 Å². The highest BCUT2D eigenvalue weighted by atomic mass is 32.1. The van der Waals surface area contributed by atoms with E-state index in [4.69, 9.17) is 0 Å². The van der Waals surface area contributed by atoms with Crippen LogP contribution in [0.2, 0.25) is 0 Å². The van der Waals surface area contributed by atoms with Crippen LogP contribution < -0.4 is 5.32 Å². The van der Waals surface area contributed by atoms with E-state index in [2.05, 4.69) is 27.7 Å². The second-order valence-corrected chi connectivity index (χ2v) is 9.13. The molecule has 28 heavy (non-hydrogen) atoms. The summed E-state index contributed by atoms with van der Waals surface area (Å²) in [7, 11) is 0. The Balaban J connectivity index is 1.29. The summed E-state index contributed by atoms with van der Waals surface area (Å²) in [6.45, 7) is 2.92. The van der Waals surface area contributed by atoms with Gasteiger partial charge in [-0.2, -0.15) is 0 Å². The summed E-state index contributed by atoms with van der Waals surface area (Å²) in [5.74, 6) is -0.478. The molecule has 1 aliphatic carbocycles. The van der Waals surface area contributed by atoms with Crippen LogP contribution in [0.4, 0.5) is 0 Å². The van der Waals surface area contributed by atoms with Crippen molar-refractivity contribution >= 4 is 29.1 Å². The van der Waals surface area contributed by atoms with Gasteiger partial charge in [0.15, 0.2) is 0 Å². The van der Waals surface area contributed by atoms with Crippen molar-refractivity contribution in [2.75, 3.05) is 26.2 Å². The number of likely N-dealkylation sites (tertiary alicyclic amines) is 2. The lowest BCUT2D eigenvalue weighted by Crippen LogP contribution is -2.39. The van der Waals surface area contributed by atoms with E-state index in [1.807, 2.05) is 0 Å². The first-order valence-electron chi connectivity index (χ1n) is 10.5. The van der Waals surface area contributed by atoms with Crippen LogP contribution in [-0.4, -0.2) is 53.7 Å². The predicted octanol–water partition coefficient (Wildman–Crippen LogP) is 2.57. The molecule has 0 radical (unpaired) electrons. The summed E-state index contributed by atoms with van der Waals surface area (Å²) in [6, 6.07) is 4.39. The first-order chi connectivity index (χ1) is 13.6. The third-order valence-electron chi connectivity index (χ3n) is 6.44. The number of hydrogen-bond donors (Lipinski definition) is 1. The summed E-state index contributed by atoms with van der Waals surface area (Å²) in [5, 5.41) is 5.11. The number of carbonyl (C=O) groups excluding carboxylic acids is 3. The second-order valence-electron chi connectivity index (χ2n) is 8.15. The number of hydrogen-bond acceptors (Lipinski definition) is 5. The van der Waals surface area contributed by atoms with Gasteiger partial charge in [-0.15, -0.1) is 11.3 Å².